The summed E-state index contributed by atoms with van der Waals surface area (Å²) in [6.45, 7) is 3.36. The molecule has 0 radical (unpaired) electrons. The van der Waals surface area contributed by atoms with Crippen LogP contribution in [0.4, 0.5) is 0 Å². The van der Waals surface area contributed by atoms with Crippen LogP contribution in [0.2, 0.25) is 0 Å². The zero-order chi connectivity index (χ0) is 8.85. The lowest BCUT2D eigenvalue weighted by molar-refractivity contribution is -0.135. The number of allylic oxidation sites excluding steroid dienone is 2. The normalized spacial score (nSPS) is 10.5. The highest BCUT2D eigenvalue weighted by Gasteiger charge is 2.10. The van der Waals surface area contributed by atoms with Gasteiger partial charge in [0, 0.05) is 0 Å². The van der Waals surface area contributed by atoms with Crippen molar-refractivity contribution in [1.82, 2.24) is 0 Å². The number of carbonyl (C=O) groups is 1. The predicted molar refractivity (Wildman–Crippen MR) is 42.2 cm³/mol. The lowest BCUT2D eigenvalue weighted by Crippen LogP contribution is -2.20. The minimum atomic E-state index is -0.627. The predicted octanol–water partition coefficient (Wildman–Crippen LogP) is 0.208. The standard InChI is InChI=1S/C7H10N2O2/c1-3-4-5(6(8)9)7(10)11-2/h3-4H,1H2,2H3,(H3,8,9)/b5-4+. The largest absolute Gasteiger partial charge is 0.465 e. The molecule has 0 spiro atoms. The number of methoxy groups -OCH3 is 1. The van der Waals surface area contributed by atoms with Crippen LogP contribution in [0.3, 0.4) is 0 Å². The summed E-state index contributed by atoms with van der Waals surface area (Å²) in [5, 5.41) is 6.95. The summed E-state index contributed by atoms with van der Waals surface area (Å²) < 4.78 is 4.35. The number of nitrogens with one attached hydrogen (secondary N) is 1. The Bertz CT molecular complexity index is 218. The lowest BCUT2D eigenvalue weighted by atomic mass is 10.2. The van der Waals surface area contributed by atoms with Crippen LogP contribution in [0.1, 0.15) is 0 Å². The van der Waals surface area contributed by atoms with Crippen LogP contribution in [0.25, 0.3) is 0 Å². The molecule has 0 aliphatic carbocycles. The van der Waals surface area contributed by atoms with Crippen molar-refractivity contribution >= 4 is 11.8 Å². The van der Waals surface area contributed by atoms with E-state index in [-0.39, 0.29) is 11.4 Å². The smallest absolute Gasteiger partial charge is 0.341 e. The zero-order valence-corrected chi connectivity index (χ0v) is 6.26. The Morgan fingerprint density at radius 1 is 1.73 bits per heavy atom. The van der Waals surface area contributed by atoms with Gasteiger partial charge in [0.1, 0.15) is 11.4 Å². The first-order valence-electron chi connectivity index (χ1n) is 2.89. The Kier molecular flexibility index (Phi) is 3.66. The first-order valence-corrected chi connectivity index (χ1v) is 2.89. The number of carbonyl (C=O) groups excluding carboxylic acids is 1. The van der Waals surface area contributed by atoms with Crippen molar-refractivity contribution in [2.45, 2.75) is 0 Å². The summed E-state index contributed by atoms with van der Waals surface area (Å²) in [5.74, 6) is -0.950. The quantitative estimate of drug-likeness (QED) is 0.200. The maximum atomic E-state index is 10.8. The number of hydrogen-bond acceptors (Lipinski definition) is 3. The maximum absolute atomic E-state index is 10.8. The summed E-state index contributed by atoms with van der Waals surface area (Å²) in [6, 6.07) is 0. The van der Waals surface area contributed by atoms with Crippen molar-refractivity contribution in [2.75, 3.05) is 7.11 Å². The summed E-state index contributed by atoms with van der Waals surface area (Å²) in [4.78, 5) is 10.8. The van der Waals surface area contributed by atoms with Crippen molar-refractivity contribution in [3.63, 3.8) is 0 Å². The molecule has 0 saturated carbocycles. The molecule has 0 aromatic heterocycles. The summed E-state index contributed by atoms with van der Waals surface area (Å²) in [5.41, 5.74) is 5.08. The molecule has 0 aromatic rings. The Labute approximate surface area is 64.9 Å². The lowest BCUT2D eigenvalue weighted by Gasteiger charge is -2.00. The molecule has 0 aliphatic heterocycles. The van der Waals surface area contributed by atoms with Gasteiger partial charge in [-0.2, -0.15) is 0 Å². The van der Waals surface area contributed by atoms with E-state index in [1.807, 2.05) is 0 Å². The highest BCUT2D eigenvalue weighted by molar-refractivity contribution is 6.17. The van der Waals surface area contributed by atoms with Crippen LogP contribution in [0.5, 0.6) is 0 Å². The van der Waals surface area contributed by atoms with E-state index in [9.17, 15) is 4.79 Å². The second-order valence-corrected chi connectivity index (χ2v) is 1.72. The second-order valence-electron chi connectivity index (χ2n) is 1.72. The fraction of sp³-hybridized carbons (Fsp3) is 0.143. The highest BCUT2D eigenvalue weighted by Crippen LogP contribution is 1.96. The topological polar surface area (TPSA) is 76.2 Å². The van der Waals surface area contributed by atoms with Crippen molar-refractivity contribution in [2.24, 2.45) is 5.73 Å². The van der Waals surface area contributed by atoms with Gasteiger partial charge in [0.15, 0.2) is 0 Å². The maximum Gasteiger partial charge on any atom is 0.341 e. The van der Waals surface area contributed by atoms with Crippen molar-refractivity contribution in [3.8, 4) is 0 Å². The molecule has 0 unspecified atom stereocenters. The first kappa shape index (κ1) is 9.42. The Balaban J connectivity index is 4.61. The summed E-state index contributed by atoms with van der Waals surface area (Å²) in [7, 11) is 1.22. The Morgan fingerprint density at radius 3 is 2.55 bits per heavy atom. The van der Waals surface area contributed by atoms with Gasteiger partial charge < -0.3 is 10.5 Å². The minimum absolute atomic E-state index is 0.0162. The number of ether oxygens (including phenoxy) is 1. The third-order valence-corrected chi connectivity index (χ3v) is 0.980. The van der Waals surface area contributed by atoms with E-state index in [0.29, 0.717) is 0 Å². The molecule has 60 valence electrons. The molecule has 4 nitrogen and oxygen atoms in total. The van der Waals surface area contributed by atoms with E-state index in [0.717, 1.165) is 0 Å². The van der Waals surface area contributed by atoms with Gasteiger partial charge in [-0.1, -0.05) is 12.7 Å². The van der Waals surface area contributed by atoms with Crippen LogP contribution < -0.4 is 5.73 Å². The van der Waals surface area contributed by atoms with Gasteiger partial charge in [0.05, 0.1) is 7.11 Å². The fourth-order valence-electron chi connectivity index (χ4n) is 0.496. The molecule has 0 saturated heterocycles. The number of nitrogens with two attached hydrogens (primary N) is 1. The van der Waals surface area contributed by atoms with Gasteiger partial charge in [-0.3, -0.25) is 5.41 Å². The van der Waals surface area contributed by atoms with E-state index >= 15 is 0 Å². The van der Waals surface area contributed by atoms with E-state index in [1.54, 1.807) is 0 Å². The van der Waals surface area contributed by atoms with Gasteiger partial charge in [0.2, 0.25) is 0 Å². The zero-order valence-electron chi connectivity index (χ0n) is 6.26. The van der Waals surface area contributed by atoms with Gasteiger partial charge >= 0.3 is 5.97 Å². The number of amidine groups is 1. The first-order chi connectivity index (χ1) is 5.13. The molecule has 0 atom stereocenters. The highest BCUT2D eigenvalue weighted by atomic mass is 16.5. The number of hydrogen-bond donors (Lipinski definition) is 2. The van der Waals surface area contributed by atoms with Gasteiger partial charge in [-0.15, -0.1) is 0 Å². The van der Waals surface area contributed by atoms with E-state index in [2.05, 4.69) is 11.3 Å². The minimum Gasteiger partial charge on any atom is -0.465 e. The average Bonchev–Trinajstić information content (AvgIpc) is 1.98. The Hall–Kier alpha value is -1.58. The number of esters is 1. The van der Waals surface area contributed by atoms with Crippen LogP contribution in [-0.2, 0) is 9.53 Å². The van der Waals surface area contributed by atoms with Gasteiger partial charge in [-0.25, -0.2) is 4.79 Å². The third-order valence-electron chi connectivity index (χ3n) is 0.980. The molecule has 0 bridgehead atoms. The van der Waals surface area contributed by atoms with Crippen molar-refractivity contribution < 1.29 is 9.53 Å². The molecule has 0 fully saturated rings. The summed E-state index contributed by atoms with van der Waals surface area (Å²) >= 11 is 0. The average molecular weight is 154 g/mol. The SMILES string of the molecule is C=C/C=C(\C(=N)N)C(=O)OC. The van der Waals surface area contributed by atoms with Gasteiger partial charge in [-0.05, 0) is 6.08 Å². The van der Waals surface area contributed by atoms with E-state index in [1.165, 1.54) is 19.3 Å². The monoisotopic (exact) mass is 154 g/mol. The van der Waals surface area contributed by atoms with E-state index < -0.39 is 5.97 Å². The van der Waals surface area contributed by atoms with Crippen molar-refractivity contribution in [3.05, 3.63) is 24.3 Å². The molecule has 0 aromatic carbocycles. The molecule has 0 amide bonds. The third kappa shape index (κ3) is 2.66. The molecule has 3 N–H and O–H groups in total. The summed E-state index contributed by atoms with van der Waals surface area (Å²) in [6.07, 6.45) is 2.70. The van der Waals surface area contributed by atoms with Crippen molar-refractivity contribution in [1.29, 1.82) is 5.41 Å². The Morgan fingerprint density at radius 2 is 2.27 bits per heavy atom. The van der Waals surface area contributed by atoms with Crippen LogP contribution in [0, 0.1) is 5.41 Å². The fourth-order valence-corrected chi connectivity index (χ4v) is 0.496. The van der Waals surface area contributed by atoms with Crippen LogP contribution in [-0.4, -0.2) is 18.9 Å². The van der Waals surface area contributed by atoms with Gasteiger partial charge in [0.25, 0.3) is 0 Å². The molecular formula is C7H10N2O2. The van der Waals surface area contributed by atoms with Crippen LogP contribution in [0.15, 0.2) is 24.3 Å². The molecule has 4 heteroatoms. The molecule has 0 aliphatic rings. The molecule has 0 heterocycles. The molecule has 11 heavy (non-hydrogen) atoms. The molecule has 0 rings (SSSR count). The molecular weight excluding hydrogens is 144 g/mol. The van der Waals surface area contributed by atoms with Crippen LogP contribution >= 0.6 is 0 Å². The number of rotatable bonds is 3. The van der Waals surface area contributed by atoms with E-state index in [4.69, 9.17) is 11.1 Å². The second kappa shape index (κ2) is 4.27.